The van der Waals surface area contributed by atoms with Crippen LogP contribution in [0.3, 0.4) is 0 Å². The van der Waals surface area contributed by atoms with Crippen molar-refractivity contribution in [1.29, 1.82) is 0 Å². The monoisotopic (exact) mass is 221 g/mol. The van der Waals surface area contributed by atoms with Gasteiger partial charge in [0.1, 0.15) is 5.82 Å². The van der Waals surface area contributed by atoms with Crippen molar-refractivity contribution < 1.29 is 4.39 Å². The number of likely N-dealkylation sites (N-methyl/N-ethyl adjacent to an activating group) is 1. The molecule has 0 fully saturated rings. The van der Waals surface area contributed by atoms with Crippen LogP contribution < -0.4 is 10.9 Å². The van der Waals surface area contributed by atoms with Gasteiger partial charge < -0.3 is 5.32 Å². The van der Waals surface area contributed by atoms with E-state index < -0.39 is 5.82 Å². The Balaban J connectivity index is 2.55. The standard InChI is InChI=1S/C11H12FN3O/c1-13-4-5-15-7-14-10-3-2-8(12)6-9(10)11(15)16/h2-3,6-7,13H,4-5H2,1H3. The fraction of sp³-hybridized carbons (Fsp3) is 0.273. The van der Waals surface area contributed by atoms with Gasteiger partial charge in [-0.1, -0.05) is 0 Å². The van der Waals surface area contributed by atoms with E-state index in [0.717, 1.165) is 0 Å². The SMILES string of the molecule is CNCCn1cnc2ccc(F)cc2c1=O. The summed E-state index contributed by atoms with van der Waals surface area (Å²) in [4.78, 5) is 16.0. The lowest BCUT2D eigenvalue weighted by atomic mass is 10.2. The highest BCUT2D eigenvalue weighted by Crippen LogP contribution is 2.08. The molecule has 0 bridgehead atoms. The van der Waals surface area contributed by atoms with Crippen LogP contribution in [0.15, 0.2) is 29.3 Å². The third kappa shape index (κ3) is 1.94. The summed E-state index contributed by atoms with van der Waals surface area (Å²) in [6.07, 6.45) is 1.49. The highest BCUT2D eigenvalue weighted by Gasteiger charge is 2.04. The van der Waals surface area contributed by atoms with Crippen molar-refractivity contribution in [2.75, 3.05) is 13.6 Å². The molecule has 2 rings (SSSR count). The summed E-state index contributed by atoms with van der Waals surface area (Å²) in [7, 11) is 1.80. The Hall–Kier alpha value is -1.75. The van der Waals surface area contributed by atoms with E-state index in [2.05, 4.69) is 10.3 Å². The molecule has 1 aromatic heterocycles. The van der Waals surface area contributed by atoms with Gasteiger partial charge in [-0.2, -0.15) is 0 Å². The molecule has 16 heavy (non-hydrogen) atoms. The number of hydrogen-bond acceptors (Lipinski definition) is 3. The van der Waals surface area contributed by atoms with Gasteiger partial charge in [0.25, 0.3) is 5.56 Å². The predicted octanol–water partition coefficient (Wildman–Crippen LogP) is 0.755. The predicted molar refractivity (Wildman–Crippen MR) is 59.9 cm³/mol. The number of fused-ring (bicyclic) bond motifs is 1. The molecule has 1 aromatic carbocycles. The number of rotatable bonds is 3. The molecule has 0 aliphatic rings. The number of nitrogens with zero attached hydrogens (tertiary/aromatic N) is 2. The van der Waals surface area contributed by atoms with Gasteiger partial charge in [-0.15, -0.1) is 0 Å². The number of nitrogens with one attached hydrogen (secondary N) is 1. The van der Waals surface area contributed by atoms with E-state index >= 15 is 0 Å². The average molecular weight is 221 g/mol. The second-order valence-corrected chi connectivity index (χ2v) is 3.51. The smallest absolute Gasteiger partial charge is 0.261 e. The molecule has 1 N–H and O–H groups in total. The Morgan fingerprint density at radius 1 is 1.50 bits per heavy atom. The normalized spacial score (nSPS) is 10.9. The number of hydrogen-bond donors (Lipinski definition) is 1. The fourth-order valence-electron chi connectivity index (χ4n) is 1.52. The molecule has 0 aliphatic heterocycles. The maximum absolute atomic E-state index is 13.0. The van der Waals surface area contributed by atoms with Gasteiger partial charge in [0, 0.05) is 13.1 Å². The third-order valence-electron chi connectivity index (χ3n) is 2.39. The minimum Gasteiger partial charge on any atom is -0.318 e. The van der Waals surface area contributed by atoms with Crippen LogP contribution >= 0.6 is 0 Å². The first-order valence-electron chi connectivity index (χ1n) is 5.01. The highest BCUT2D eigenvalue weighted by molar-refractivity contribution is 5.77. The van der Waals surface area contributed by atoms with Crippen molar-refractivity contribution in [2.24, 2.45) is 0 Å². The molecule has 0 atom stereocenters. The third-order valence-corrected chi connectivity index (χ3v) is 2.39. The summed E-state index contributed by atoms with van der Waals surface area (Å²) >= 11 is 0. The summed E-state index contributed by atoms with van der Waals surface area (Å²) in [5, 5.41) is 3.26. The van der Waals surface area contributed by atoms with E-state index in [4.69, 9.17) is 0 Å². The van der Waals surface area contributed by atoms with Crippen molar-refractivity contribution >= 4 is 10.9 Å². The second kappa shape index (κ2) is 4.40. The highest BCUT2D eigenvalue weighted by atomic mass is 19.1. The van der Waals surface area contributed by atoms with E-state index in [-0.39, 0.29) is 5.56 Å². The van der Waals surface area contributed by atoms with Crippen molar-refractivity contribution in [3.8, 4) is 0 Å². The first-order valence-corrected chi connectivity index (χ1v) is 5.01. The fourth-order valence-corrected chi connectivity index (χ4v) is 1.52. The van der Waals surface area contributed by atoms with Crippen LogP contribution in [0.25, 0.3) is 10.9 Å². The van der Waals surface area contributed by atoms with Crippen molar-refractivity contribution in [3.63, 3.8) is 0 Å². The van der Waals surface area contributed by atoms with Crippen molar-refractivity contribution in [2.45, 2.75) is 6.54 Å². The van der Waals surface area contributed by atoms with Gasteiger partial charge in [-0.3, -0.25) is 9.36 Å². The molecule has 1 heterocycles. The lowest BCUT2D eigenvalue weighted by molar-refractivity contribution is 0.617. The molecule has 2 aromatic rings. The Morgan fingerprint density at radius 3 is 3.06 bits per heavy atom. The Kier molecular flexibility index (Phi) is 2.96. The maximum Gasteiger partial charge on any atom is 0.261 e. The minimum absolute atomic E-state index is 0.209. The molecule has 4 nitrogen and oxygen atoms in total. The van der Waals surface area contributed by atoms with Crippen LogP contribution in [0.5, 0.6) is 0 Å². The molecule has 5 heteroatoms. The van der Waals surface area contributed by atoms with Gasteiger partial charge in [0.15, 0.2) is 0 Å². The van der Waals surface area contributed by atoms with E-state index in [0.29, 0.717) is 24.0 Å². The van der Waals surface area contributed by atoms with Crippen LogP contribution in [-0.2, 0) is 6.54 Å². The molecule has 0 amide bonds. The molecule has 84 valence electrons. The molecule has 0 aliphatic carbocycles. The van der Waals surface area contributed by atoms with E-state index in [1.165, 1.54) is 29.1 Å². The first-order chi connectivity index (χ1) is 7.72. The lowest BCUT2D eigenvalue weighted by Crippen LogP contribution is -2.25. The zero-order valence-corrected chi connectivity index (χ0v) is 8.90. The zero-order chi connectivity index (χ0) is 11.5. The van der Waals surface area contributed by atoms with Crippen LogP contribution in [0, 0.1) is 5.82 Å². The van der Waals surface area contributed by atoms with Gasteiger partial charge in [0.05, 0.1) is 17.2 Å². The zero-order valence-electron chi connectivity index (χ0n) is 8.90. The maximum atomic E-state index is 13.0. The van der Waals surface area contributed by atoms with Crippen LogP contribution in [0.1, 0.15) is 0 Å². The van der Waals surface area contributed by atoms with E-state index in [1.54, 1.807) is 7.05 Å². The lowest BCUT2D eigenvalue weighted by Gasteiger charge is -2.05. The van der Waals surface area contributed by atoms with Gasteiger partial charge >= 0.3 is 0 Å². The molecular weight excluding hydrogens is 209 g/mol. The topological polar surface area (TPSA) is 46.9 Å². The minimum atomic E-state index is -0.419. The largest absolute Gasteiger partial charge is 0.318 e. The summed E-state index contributed by atoms with van der Waals surface area (Å²) in [6.45, 7) is 1.19. The van der Waals surface area contributed by atoms with Crippen molar-refractivity contribution in [3.05, 3.63) is 40.7 Å². The van der Waals surface area contributed by atoms with Crippen LogP contribution in [0.2, 0.25) is 0 Å². The summed E-state index contributed by atoms with van der Waals surface area (Å²) in [6, 6.07) is 4.03. The molecule has 0 spiro atoms. The van der Waals surface area contributed by atoms with Gasteiger partial charge in [-0.05, 0) is 25.2 Å². The first kappa shape index (κ1) is 10.8. The van der Waals surface area contributed by atoms with Crippen molar-refractivity contribution in [1.82, 2.24) is 14.9 Å². The number of benzene rings is 1. The summed E-state index contributed by atoms with van der Waals surface area (Å²) < 4.78 is 14.5. The van der Waals surface area contributed by atoms with Gasteiger partial charge in [-0.25, -0.2) is 9.37 Å². The summed E-state index contributed by atoms with van der Waals surface area (Å²) in [5.74, 6) is -0.419. The van der Waals surface area contributed by atoms with E-state index in [9.17, 15) is 9.18 Å². The van der Waals surface area contributed by atoms with Crippen LogP contribution in [0.4, 0.5) is 4.39 Å². The quantitative estimate of drug-likeness (QED) is 0.832. The number of halogens is 1. The molecule has 0 saturated heterocycles. The van der Waals surface area contributed by atoms with E-state index in [1.807, 2.05) is 0 Å². The Morgan fingerprint density at radius 2 is 2.31 bits per heavy atom. The molecular formula is C11H12FN3O. The van der Waals surface area contributed by atoms with Crippen LogP contribution in [-0.4, -0.2) is 23.1 Å². The van der Waals surface area contributed by atoms with Gasteiger partial charge in [0.2, 0.25) is 0 Å². The molecule has 0 radical (unpaired) electrons. The Bertz CT molecular complexity index is 565. The molecule has 0 saturated carbocycles. The summed E-state index contributed by atoms with van der Waals surface area (Å²) in [5.41, 5.74) is 0.312. The average Bonchev–Trinajstić information content (AvgIpc) is 2.29. The Labute approximate surface area is 91.7 Å². The molecule has 0 unspecified atom stereocenters. The second-order valence-electron chi connectivity index (χ2n) is 3.51. The number of aromatic nitrogens is 2.